The Bertz CT molecular complexity index is 655. The van der Waals surface area contributed by atoms with Crippen molar-refractivity contribution in [3.63, 3.8) is 0 Å². The molecule has 2 heterocycles. The molecule has 0 aliphatic heterocycles. The van der Waals surface area contributed by atoms with Gasteiger partial charge in [-0.3, -0.25) is 0 Å². The summed E-state index contributed by atoms with van der Waals surface area (Å²) in [4.78, 5) is 12.1. The number of aromatic nitrogens is 3. The van der Waals surface area contributed by atoms with Crippen molar-refractivity contribution in [1.29, 1.82) is 0 Å². The zero-order valence-corrected chi connectivity index (χ0v) is 9.99. The number of aromatic amines is 1. The molecule has 0 saturated heterocycles. The van der Waals surface area contributed by atoms with E-state index in [9.17, 15) is 0 Å². The van der Waals surface area contributed by atoms with Crippen molar-refractivity contribution in [3.8, 4) is 11.5 Å². The maximum atomic E-state index is 5.91. The molecule has 1 N–H and O–H groups in total. The van der Waals surface area contributed by atoms with E-state index in [4.69, 9.17) is 11.6 Å². The van der Waals surface area contributed by atoms with Gasteiger partial charge in [-0.15, -0.1) is 0 Å². The molecule has 0 amide bonds. The molecule has 0 radical (unpaired) electrons. The molecule has 0 bridgehead atoms. The predicted molar refractivity (Wildman–Crippen MR) is 69.1 cm³/mol. The van der Waals surface area contributed by atoms with Crippen molar-refractivity contribution in [2.45, 2.75) is 6.92 Å². The molecule has 0 saturated carbocycles. The maximum absolute atomic E-state index is 5.91. The van der Waals surface area contributed by atoms with E-state index in [0.717, 1.165) is 28.1 Å². The van der Waals surface area contributed by atoms with Gasteiger partial charge in [0.1, 0.15) is 10.8 Å². The molecule has 3 nitrogen and oxygen atoms in total. The fourth-order valence-electron chi connectivity index (χ4n) is 1.81. The normalized spacial score (nSPS) is 10.9. The number of H-pyrrole nitrogens is 1. The van der Waals surface area contributed by atoms with Crippen LogP contribution in [0.15, 0.2) is 36.4 Å². The molecule has 0 aliphatic carbocycles. The van der Waals surface area contributed by atoms with Crippen molar-refractivity contribution in [3.05, 3.63) is 47.1 Å². The molecule has 0 fully saturated rings. The van der Waals surface area contributed by atoms with Crippen LogP contribution in [0.25, 0.3) is 22.6 Å². The predicted octanol–water partition coefficient (Wildman–Crippen LogP) is 3.59. The molecule has 0 atom stereocenters. The lowest BCUT2D eigenvalue weighted by molar-refractivity contribution is 1.20. The molecule has 3 rings (SSSR count). The molecular weight excluding hydrogens is 234 g/mol. The SMILES string of the molecule is Cc1ccc(Cl)nc1-c1nc2ccccc2[nH]1. The van der Waals surface area contributed by atoms with E-state index in [1.165, 1.54) is 0 Å². The average Bonchev–Trinajstić information content (AvgIpc) is 2.75. The van der Waals surface area contributed by atoms with Crippen LogP contribution in [-0.2, 0) is 0 Å². The molecule has 1 aromatic carbocycles. The largest absolute Gasteiger partial charge is 0.337 e. The Morgan fingerprint density at radius 3 is 2.71 bits per heavy atom. The number of nitrogens with zero attached hydrogens (tertiary/aromatic N) is 2. The summed E-state index contributed by atoms with van der Waals surface area (Å²) < 4.78 is 0. The highest BCUT2D eigenvalue weighted by Crippen LogP contribution is 2.23. The number of pyridine rings is 1. The van der Waals surface area contributed by atoms with Gasteiger partial charge in [0.2, 0.25) is 0 Å². The van der Waals surface area contributed by atoms with Crippen LogP contribution in [0.3, 0.4) is 0 Å². The average molecular weight is 244 g/mol. The van der Waals surface area contributed by atoms with Gasteiger partial charge in [-0.05, 0) is 30.7 Å². The zero-order chi connectivity index (χ0) is 11.8. The van der Waals surface area contributed by atoms with Crippen LogP contribution in [0, 0.1) is 6.92 Å². The highest BCUT2D eigenvalue weighted by Gasteiger charge is 2.09. The first-order valence-corrected chi connectivity index (χ1v) is 5.70. The Morgan fingerprint density at radius 1 is 1.06 bits per heavy atom. The fourth-order valence-corrected chi connectivity index (χ4v) is 1.96. The van der Waals surface area contributed by atoms with E-state index in [1.54, 1.807) is 6.07 Å². The number of halogens is 1. The van der Waals surface area contributed by atoms with Crippen LogP contribution in [-0.4, -0.2) is 15.0 Å². The van der Waals surface area contributed by atoms with Crippen LogP contribution in [0.4, 0.5) is 0 Å². The van der Waals surface area contributed by atoms with Crippen molar-refractivity contribution < 1.29 is 0 Å². The summed E-state index contributed by atoms with van der Waals surface area (Å²) in [6.45, 7) is 1.99. The van der Waals surface area contributed by atoms with Crippen LogP contribution >= 0.6 is 11.6 Å². The van der Waals surface area contributed by atoms with E-state index in [0.29, 0.717) is 5.15 Å². The van der Waals surface area contributed by atoms with Crippen molar-refractivity contribution in [2.75, 3.05) is 0 Å². The van der Waals surface area contributed by atoms with Crippen LogP contribution < -0.4 is 0 Å². The van der Waals surface area contributed by atoms with Crippen LogP contribution in [0.2, 0.25) is 5.15 Å². The van der Waals surface area contributed by atoms with E-state index >= 15 is 0 Å². The number of rotatable bonds is 1. The van der Waals surface area contributed by atoms with E-state index in [2.05, 4.69) is 15.0 Å². The number of imidazole rings is 1. The van der Waals surface area contributed by atoms with Gasteiger partial charge in [0.25, 0.3) is 0 Å². The second-order valence-electron chi connectivity index (χ2n) is 3.90. The summed E-state index contributed by atoms with van der Waals surface area (Å²) in [5, 5.41) is 0.478. The van der Waals surface area contributed by atoms with Crippen LogP contribution in [0.5, 0.6) is 0 Å². The van der Waals surface area contributed by atoms with Gasteiger partial charge in [-0.25, -0.2) is 9.97 Å². The van der Waals surface area contributed by atoms with Gasteiger partial charge in [0.15, 0.2) is 5.82 Å². The summed E-state index contributed by atoms with van der Waals surface area (Å²) in [5.74, 6) is 0.756. The lowest BCUT2D eigenvalue weighted by Crippen LogP contribution is -1.90. The molecule has 0 spiro atoms. The Kier molecular flexibility index (Phi) is 2.34. The van der Waals surface area contributed by atoms with Gasteiger partial charge in [-0.1, -0.05) is 29.8 Å². The van der Waals surface area contributed by atoms with E-state index < -0.39 is 0 Å². The molecule has 84 valence electrons. The lowest BCUT2D eigenvalue weighted by atomic mass is 10.2. The third-order valence-corrected chi connectivity index (χ3v) is 2.89. The van der Waals surface area contributed by atoms with Crippen LogP contribution in [0.1, 0.15) is 5.56 Å². The van der Waals surface area contributed by atoms with Crippen molar-refractivity contribution >= 4 is 22.6 Å². The number of fused-ring (bicyclic) bond motifs is 1. The highest BCUT2D eigenvalue weighted by atomic mass is 35.5. The zero-order valence-electron chi connectivity index (χ0n) is 9.24. The van der Waals surface area contributed by atoms with Gasteiger partial charge in [0, 0.05) is 0 Å². The smallest absolute Gasteiger partial charge is 0.157 e. The first-order chi connectivity index (χ1) is 8.24. The van der Waals surface area contributed by atoms with E-state index in [1.807, 2.05) is 37.3 Å². The Hall–Kier alpha value is -1.87. The first kappa shape index (κ1) is 10.3. The second kappa shape index (κ2) is 3.86. The number of para-hydroxylation sites is 2. The quantitative estimate of drug-likeness (QED) is 0.664. The monoisotopic (exact) mass is 243 g/mol. The Morgan fingerprint density at radius 2 is 1.88 bits per heavy atom. The minimum atomic E-state index is 0.478. The number of aryl methyl sites for hydroxylation is 1. The Balaban J connectivity index is 2.23. The summed E-state index contributed by atoms with van der Waals surface area (Å²) >= 11 is 5.91. The molecular formula is C13H10ClN3. The standard InChI is InChI=1S/C13H10ClN3/c1-8-6-7-11(14)17-12(8)13-15-9-4-2-3-5-10(9)16-13/h2-7H,1H3,(H,15,16). The van der Waals surface area contributed by atoms with Gasteiger partial charge >= 0.3 is 0 Å². The molecule has 0 aliphatic rings. The van der Waals surface area contributed by atoms with E-state index in [-0.39, 0.29) is 0 Å². The van der Waals surface area contributed by atoms with Gasteiger partial charge < -0.3 is 4.98 Å². The number of nitrogens with one attached hydrogen (secondary N) is 1. The molecule has 4 heteroatoms. The fraction of sp³-hybridized carbons (Fsp3) is 0.0769. The second-order valence-corrected chi connectivity index (χ2v) is 4.29. The van der Waals surface area contributed by atoms with Gasteiger partial charge in [0.05, 0.1) is 11.0 Å². The molecule has 0 unspecified atom stereocenters. The number of benzene rings is 1. The summed E-state index contributed by atoms with van der Waals surface area (Å²) in [6, 6.07) is 11.6. The maximum Gasteiger partial charge on any atom is 0.157 e. The van der Waals surface area contributed by atoms with Crippen molar-refractivity contribution in [2.24, 2.45) is 0 Å². The van der Waals surface area contributed by atoms with Crippen molar-refractivity contribution in [1.82, 2.24) is 15.0 Å². The summed E-state index contributed by atoms with van der Waals surface area (Å²) in [5.41, 5.74) is 3.79. The number of hydrogen-bond acceptors (Lipinski definition) is 2. The number of hydrogen-bond donors (Lipinski definition) is 1. The molecule has 2 aromatic heterocycles. The first-order valence-electron chi connectivity index (χ1n) is 5.32. The third kappa shape index (κ3) is 1.78. The Labute approximate surface area is 103 Å². The molecule has 3 aromatic rings. The minimum absolute atomic E-state index is 0.478. The minimum Gasteiger partial charge on any atom is -0.337 e. The topological polar surface area (TPSA) is 41.6 Å². The third-order valence-electron chi connectivity index (χ3n) is 2.68. The lowest BCUT2D eigenvalue weighted by Gasteiger charge is -2.01. The summed E-state index contributed by atoms with van der Waals surface area (Å²) in [7, 11) is 0. The molecule has 17 heavy (non-hydrogen) atoms. The van der Waals surface area contributed by atoms with Gasteiger partial charge in [-0.2, -0.15) is 0 Å². The highest BCUT2D eigenvalue weighted by molar-refractivity contribution is 6.29. The summed E-state index contributed by atoms with van der Waals surface area (Å²) in [6.07, 6.45) is 0.